The molecule has 1 aliphatic carbocycles. The number of benzene rings is 1. The van der Waals surface area contributed by atoms with E-state index < -0.39 is 0 Å². The Morgan fingerprint density at radius 3 is 2.84 bits per heavy atom. The van der Waals surface area contributed by atoms with Crippen LogP contribution < -0.4 is 15.4 Å². The monoisotopic (exact) mass is 349 g/mol. The van der Waals surface area contributed by atoms with Gasteiger partial charge in [0, 0.05) is 25.2 Å². The van der Waals surface area contributed by atoms with Gasteiger partial charge >= 0.3 is 0 Å². The van der Waals surface area contributed by atoms with E-state index in [0.29, 0.717) is 25.6 Å². The minimum Gasteiger partial charge on any atom is -0.467 e. The SMILES string of the molecule is CN=C(NCCc1cc(F)cc2c1OCOC2)NC1CCC(C)CC1. The Bertz CT molecular complexity index is 613. The van der Waals surface area contributed by atoms with Gasteiger partial charge in [0.05, 0.1) is 6.61 Å². The van der Waals surface area contributed by atoms with Crippen LogP contribution in [0.5, 0.6) is 5.75 Å². The lowest BCUT2D eigenvalue weighted by Crippen LogP contribution is -2.45. The molecular formula is C19H28FN3O2. The van der Waals surface area contributed by atoms with E-state index in [1.54, 1.807) is 13.1 Å². The van der Waals surface area contributed by atoms with Crippen molar-refractivity contribution in [2.75, 3.05) is 20.4 Å². The number of hydrogen-bond acceptors (Lipinski definition) is 3. The highest BCUT2D eigenvalue weighted by atomic mass is 19.1. The maximum atomic E-state index is 13.8. The summed E-state index contributed by atoms with van der Waals surface area (Å²) in [7, 11) is 1.78. The number of hydrogen-bond donors (Lipinski definition) is 2. The molecule has 1 aromatic carbocycles. The lowest BCUT2D eigenvalue weighted by molar-refractivity contribution is -0.0172. The van der Waals surface area contributed by atoms with Crippen molar-refractivity contribution >= 4 is 5.96 Å². The predicted octanol–water partition coefficient (Wildman–Crippen LogP) is 2.98. The summed E-state index contributed by atoms with van der Waals surface area (Å²) in [6.07, 6.45) is 5.58. The summed E-state index contributed by atoms with van der Waals surface area (Å²) in [5.74, 6) is 2.16. The molecule has 1 fully saturated rings. The molecule has 5 nitrogen and oxygen atoms in total. The number of guanidine groups is 1. The van der Waals surface area contributed by atoms with E-state index in [4.69, 9.17) is 9.47 Å². The molecule has 0 saturated heterocycles. The Hall–Kier alpha value is -1.82. The molecule has 25 heavy (non-hydrogen) atoms. The molecule has 0 bridgehead atoms. The van der Waals surface area contributed by atoms with Gasteiger partial charge in [-0.3, -0.25) is 4.99 Å². The minimum absolute atomic E-state index is 0.225. The molecule has 0 unspecified atom stereocenters. The Kier molecular flexibility index (Phi) is 6.13. The van der Waals surface area contributed by atoms with Gasteiger partial charge in [-0.15, -0.1) is 0 Å². The first-order valence-electron chi connectivity index (χ1n) is 9.14. The lowest BCUT2D eigenvalue weighted by Gasteiger charge is -2.28. The molecule has 6 heteroatoms. The second kappa shape index (κ2) is 8.52. The van der Waals surface area contributed by atoms with Crippen molar-refractivity contribution in [1.29, 1.82) is 0 Å². The van der Waals surface area contributed by atoms with Crippen molar-refractivity contribution in [2.45, 2.75) is 51.7 Å². The highest BCUT2D eigenvalue weighted by Gasteiger charge is 2.19. The van der Waals surface area contributed by atoms with Gasteiger partial charge in [0.15, 0.2) is 12.8 Å². The molecule has 138 valence electrons. The predicted molar refractivity (Wildman–Crippen MR) is 96.3 cm³/mol. The van der Waals surface area contributed by atoms with Crippen molar-refractivity contribution in [2.24, 2.45) is 10.9 Å². The standard InChI is InChI=1S/C19H28FN3O2/c1-13-3-5-17(6-4-13)23-19(21-2)22-8-7-14-9-16(20)10-15-11-24-12-25-18(14)15/h9-10,13,17H,3-8,11-12H2,1-2H3,(H2,21,22,23). The summed E-state index contributed by atoms with van der Waals surface area (Å²) in [6, 6.07) is 3.52. The van der Waals surface area contributed by atoms with Crippen LogP contribution in [0.3, 0.4) is 0 Å². The summed E-state index contributed by atoms with van der Waals surface area (Å²) >= 11 is 0. The van der Waals surface area contributed by atoms with Crippen LogP contribution in [0.2, 0.25) is 0 Å². The van der Waals surface area contributed by atoms with Gasteiger partial charge in [-0.2, -0.15) is 0 Å². The fraction of sp³-hybridized carbons (Fsp3) is 0.632. The molecular weight excluding hydrogens is 321 g/mol. The van der Waals surface area contributed by atoms with Crippen molar-refractivity contribution < 1.29 is 13.9 Å². The fourth-order valence-electron chi connectivity index (χ4n) is 3.55. The summed E-state index contributed by atoms with van der Waals surface area (Å²) in [4.78, 5) is 4.31. The molecule has 0 spiro atoms. The number of nitrogens with zero attached hydrogens (tertiary/aromatic N) is 1. The van der Waals surface area contributed by atoms with Crippen LogP contribution in [0.4, 0.5) is 4.39 Å². The third kappa shape index (κ3) is 4.84. The van der Waals surface area contributed by atoms with Crippen molar-refractivity contribution in [3.05, 3.63) is 29.1 Å². The molecule has 1 saturated carbocycles. The minimum atomic E-state index is -0.248. The van der Waals surface area contributed by atoms with E-state index >= 15 is 0 Å². The van der Waals surface area contributed by atoms with Crippen LogP contribution in [-0.4, -0.2) is 32.4 Å². The second-order valence-electron chi connectivity index (χ2n) is 7.01. The number of rotatable bonds is 4. The Morgan fingerprint density at radius 1 is 1.28 bits per heavy atom. The molecule has 1 aliphatic heterocycles. The molecule has 1 heterocycles. The fourth-order valence-corrected chi connectivity index (χ4v) is 3.55. The normalized spacial score (nSPS) is 23.6. The first-order valence-corrected chi connectivity index (χ1v) is 9.14. The largest absolute Gasteiger partial charge is 0.467 e. The van der Waals surface area contributed by atoms with Gasteiger partial charge in [0.2, 0.25) is 0 Å². The average molecular weight is 349 g/mol. The smallest absolute Gasteiger partial charge is 0.191 e. The highest BCUT2D eigenvalue weighted by Crippen LogP contribution is 2.29. The third-order valence-corrected chi connectivity index (χ3v) is 5.02. The molecule has 2 aliphatic rings. The number of halogens is 1. The third-order valence-electron chi connectivity index (χ3n) is 5.02. The van der Waals surface area contributed by atoms with Crippen molar-refractivity contribution in [3.8, 4) is 5.75 Å². The summed E-state index contributed by atoms with van der Waals surface area (Å²) in [5.41, 5.74) is 1.65. The maximum Gasteiger partial charge on any atom is 0.191 e. The number of ether oxygens (including phenoxy) is 2. The zero-order valence-electron chi connectivity index (χ0n) is 15.1. The summed E-state index contributed by atoms with van der Waals surface area (Å²) in [6.45, 7) is 3.61. The van der Waals surface area contributed by atoms with Crippen LogP contribution in [0.15, 0.2) is 17.1 Å². The summed E-state index contributed by atoms with van der Waals surface area (Å²) in [5, 5.41) is 6.83. The zero-order valence-corrected chi connectivity index (χ0v) is 15.1. The first kappa shape index (κ1) is 18.0. The second-order valence-corrected chi connectivity index (χ2v) is 7.01. The van der Waals surface area contributed by atoms with Gasteiger partial charge in [-0.1, -0.05) is 6.92 Å². The lowest BCUT2D eigenvalue weighted by atomic mass is 9.87. The Balaban J connectivity index is 1.52. The van der Waals surface area contributed by atoms with Crippen molar-refractivity contribution in [3.63, 3.8) is 0 Å². The van der Waals surface area contributed by atoms with Gasteiger partial charge in [-0.25, -0.2) is 4.39 Å². The van der Waals surface area contributed by atoms with E-state index in [9.17, 15) is 4.39 Å². The number of nitrogens with one attached hydrogen (secondary N) is 2. The maximum absolute atomic E-state index is 13.8. The highest BCUT2D eigenvalue weighted by molar-refractivity contribution is 5.80. The first-order chi connectivity index (χ1) is 12.2. The van der Waals surface area contributed by atoms with Gasteiger partial charge in [0.25, 0.3) is 0 Å². The summed E-state index contributed by atoms with van der Waals surface area (Å²) < 4.78 is 24.6. The van der Waals surface area contributed by atoms with Crippen molar-refractivity contribution in [1.82, 2.24) is 10.6 Å². The molecule has 0 radical (unpaired) electrons. The quantitative estimate of drug-likeness (QED) is 0.648. The zero-order chi connectivity index (χ0) is 17.6. The number of fused-ring (bicyclic) bond motifs is 1. The molecule has 3 rings (SSSR count). The van der Waals surface area contributed by atoms with Crippen LogP contribution in [0, 0.1) is 11.7 Å². The van der Waals surface area contributed by atoms with Crippen LogP contribution in [0.25, 0.3) is 0 Å². The van der Waals surface area contributed by atoms with E-state index in [1.165, 1.54) is 31.7 Å². The molecule has 0 amide bonds. The van der Waals surface area contributed by atoms with Crippen LogP contribution in [0.1, 0.15) is 43.7 Å². The molecule has 2 N–H and O–H groups in total. The number of aliphatic imine (C=N–C) groups is 1. The van der Waals surface area contributed by atoms with Crippen LogP contribution >= 0.6 is 0 Å². The van der Waals surface area contributed by atoms with Crippen LogP contribution in [-0.2, 0) is 17.8 Å². The molecule has 1 aromatic rings. The van der Waals surface area contributed by atoms with Gasteiger partial charge in [-0.05, 0) is 55.7 Å². The topological polar surface area (TPSA) is 54.9 Å². The van der Waals surface area contributed by atoms with E-state index in [-0.39, 0.29) is 12.6 Å². The molecule has 0 aromatic heterocycles. The Labute approximate surface area is 149 Å². The van der Waals surface area contributed by atoms with Gasteiger partial charge in [0.1, 0.15) is 11.6 Å². The molecule has 0 atom stereocenters. The van der Waals surface area contributed by atoms with E-state index in [2.05, 4.69) is 22.5 Å². The van der Waals surface area contributed by atoms with E-state index in [1.807, 2.05) is 0 Å². The van der Waals surface area contributed by atoms with Gasteiger partial charge < -0.3 is 20.1 Å². The Morgan fingerprint density at radius 2 is 2.08 bits per heavy atom. The average Bonchev–Trinajstić information content (AvgIpc) is 2.62. The van der Waals surface area contributed by atoms with E-state index in [0.717, 1.165) is 28.8 Å².